The lowest BCUT2D eigenvalue weighted by Crippen LogP contribution is -2.41. The van der Waals surface area contributed by atoms with Gasteiger partial charge in [-0.05, 0) is 24.5 Å². The second-order valence-corrected chi connectivity index (χ2v) is 5.49. The van der Waals surface area contributed by atoms with E-state index in [1.54, 1.807) is 18.2 Å². The van der Waals surface area contributed by atoms with Crippen LogP contribution in [-0.2, 0) is 0 Å². The maximum absolute atomic E-state index is 11.8. The SMILES string of the molecule is CC(C)CC(CO)NC(=O)Nc1cccc(Cl)c1Cl. The number of anilines is 1. The Morgan fingerprint density at radius 2 is 2.05 bits per heavy atom. The van der Waals surface area contributed by atoms with E-state index in [0.717, 1.165) is 0 Å². The lowest BCUT2D eigenvalue weighted by atomic mass is 10.0. The molecule has 4 nitrogen and oxygen atoms in total. The summed E-state index contributed by atoms with van der Waals surface area (Å²) in [6, 6.07) is 4.30. The van der Waals surface area contributed by atoms with Crippen LogP contribution in [0, 0.1) is 5.92 Å². The molecule has 0 saturated heterocycles. The molecule has 6 heteroatoms. The van der Waals surface area contributed by atoms with Gasteiger partial charge in [-0.3, -0.25) is 0 Å². The van der Waals surface area contributed by atoms with E-state index in [1.165, 1.54) is 0 Å². The molecule has 0 radical (unpaired) electrons. The number of nitrogens with one attached hydrogen (secondary N) is 2. The minimum Gasteiger partial charge on any atom is -0.394 e. The van der Waals surface area contributed by atoms with Crippen molar-refractivity contribution in [2.75, 3.05) is 11.9 Å². The van der Waals surface area contributed by atoms with Crippen LogP contribution in [0.15, 0.2) is 18.2 Å². The minimum absolute atomic E-state index is 0.102. The number of hydrogen-bond donors (Lipinski definition) is 3. The van der Waals surface area contributed by atoms with Gasteiger partial charge in [0.15, 0.2) is 0 Å². The fourth-order valence-corrected chi connectivity index (χ4v) is 2.04. The van der Waals surface area contributed by atoms with E-state index in [0.29, 0.717) is 28.1 Å². The summed E-state index contributed by atoms with van der Waals surface area (Å²) in [6.07, 6.45) is 0.702. The quantitative estimate of drug-likeness (QED) is 0.779. The van der Waals surface area contributed by atoms with Crippen molar-refractivity contribution < 1.29 is 9.90 Å². The highest BCUT2D eigenvalue weighted by atomic mass is 35.5. The molecule has 106 valence electrons. The number of aliphatic hydroxyl groups is 1. The number of carbonyl (C=O) groups excluding carboxylic acids is 1. The Balaban J connectivity index is 2.62. The molecule has 1 atom stereocenters. The molecule has 1 rings (SSSR count). The second kappa shape index (κ2) is 7.58. The van der Waals surface area contributed by atoms with Gasteiger partial charge in [-0.25, -0.2) is 4.79 Å². The highest BCUT2D eigenvalue weighted by molar-refractivity contribution is 6.43. The number of carbonyl (C=O) groups is 1. The van der Waals surface area contributed by atoms with Crippen LogP contribution in [0.4, 0.5) is 10.5 Å². The zero-order chi connectivity index (χ0) is 14.4. The van der Waals surface area contributed by atoms with E-state index in [2.05, 4.69) is 10.6 Å². The van der Waals surface area contributed by atoms with Crippen molar-refractivity contribution in [1.82, 2.24) is 5.32 Å². The Bertz CT molecular complexity index is 439. The molecular formula is C13H18Cl2N2O2. The summed E-state index contributed by atoms with van der Waals surface area (Å²) in [7, 11) is 0. The lowest BCUT2D eigenvalue weighted by Gasteiger charge is -2.19. The monoisotopic (exact) mass is 304 g/mol. The number of hydrogen-bond acceptors (Lipinski definition) is 2. The smallest absolute Gasteiger partial charge is 0.319 e. The molecule has 0 aromatic heterocycles. The molecular weight excluding hydrogens is 287 g/mol. The third kappa shape index (κ3) is 5.27. The van der Waals surface area contributed by atoms with E-state index >= 15 is 0 Å². The van der Waals surface area contributed by atoms with E-state index in [-0.39, 0.29) is 12.6 Å². The molecule has 0 bridgehead atoms. The van der Waals surface area contributed by atoms with Crippen molar-refractivity contribution in [2.45, 2.75) is 26.3 Å². The first-order valence-corrected chi connectivity index (χ1v) is 6.82. The maximum Gasteiger partial charge on any atom is 0.319 e. The van der Waals surface area contributed by atoms with Gasteiger partial charge < -0.3 is 15.7 Å². The summed E-state index contributed by atoms with van der Waals surface area (Å²) in [5, 5.41) is 15.2. The van der Waals surface area contributed by atoms with Crippen molar-refractivity contribution in [1.29, 1.82) is 0 Å². The van der Waals surface area contributed by atoms with Gasteiger partial charge in [0, 0.05) is 0 Å². The summed E-state index contributed by atoms with van der Waals surface area (Å²) in [5.41, 5.74) is 0.438. The third-order valence-corrected chi connectivity index (χ3v) is 3.33. The summed E-state index contributed by atoms with van der Waals surface area (Å²) in [5.74, 6) is 0.382. The molecule has 0 saturated carbocycles. The Labute approximate surface area is 123 Å². The molecule has 1 unspecified atom stereocenters. The first-order valence-electron chi connectivity index (χ1n) is 6.06. The normalized spacial score (nSPS) is 12.3. The van der Waals surface area contributed by atoms with Crippen molar-refractivity contribution in [3.05, 3.63) is 28.2 Å². The molecule has 1 aromatic rings. The highest BCUT2D eigenvalue weighted by Gasteiger charge is 2.14. The molecule has 1 aromatic carbocycles. The van der Waals surface area contributed by atoms with Crippen molar-refractivity contribution in [3.63, 3.8) is 0 Å². The largest absolute Gasteiger partial charge is 0.394 e. The van der Waals surface area contributed by atoms with Crippen LogP contribution in [0.5, 0.6) is 0 Å². The molecule has 3 N–H and O–H groups in total. The zero-order valence-electron chi connectivity index (χ0n) is 10.9. The predicted molar refractivity (Wildman–Crippen MR) is 78.9 cm³/mol. The predicted octanol–water partition coefficient (Wildman–Crippen LogP) is 3.52. The van der Waals surface area contributed by atoms with Crippen LogP contribution in [0.1, 0.15) is 20.3 Å². The first kappa shape index (κ1) is 16.1. The first-order chi connectivity index (χ1) is 8.93. The van der Waals surface area contributed by atoms with Crippen LogP contribution >= 0.6 is 23.2 Å². The summed E-state index contributed by atoms with van der Waals surface area (Å²) in [4.78, 5) is 11.8. The molecule has 0 heterocycles. The Morgan fingerprint density at radius 1 is 1.37 bits per heavy atom. The number of halogens is 2. The van der Waals surface area contributed by atoms with Crippen LogP contribution < -0.4 is 10.6 Å². The molecule has 0 fully saturated rings. The number of rotatable bonds is 5. The number of amides is 2. The summed E-state index contributed by atoms with van der Waals surface area (Å²) in [6.45, 7) is 3.95. The van der Waals surface area contributed by atoms with Crippen molar-refractivity contribution in [3.8, 4) is 0 Å². The number of aliphatic hydroxyl groups excluding tert-OH is 1. The van der Waals surface area contributed by atoms with Gasteiger partial charge in [-0.2, -0.15) is 0 Å². The van der Waals surface area contributed by atoms with Crippen LogP contribution in [0.3, 0.4) is 0 Å². The van der Waals surface area contributed by atoms with Crippen LogP contribution in [0.2, 0.25) is 10.0 Å². The highest BCUT2D eigenvalue weighted by Crippen LogP contribution is 2.29. The average Bonchev–Trinajstić information content (AvgIpc) is 2.33. The van der Waals surface area contributed by atoms with Gasteiger partial charge in [0.2, 0.25) is 0 Å². The molecule has 2 amide bonds. The molecule has 0 aliphatic heterocycles. The van der Waals surface area contributed by atoms with Crippen LogP contribution in [0.25, 0.3) is 0 Å². The Kier molecular flexibility index (Phi) is 6.42. The minimum atomic E-state index is -0.413. The average molecular weight is 305 g/mol. The van der Waals surface area contributed by atoms with Crippen molar-refractivity contribution in [2.24, 2.45) is 5.92 Å². The number of urea groups is 1. The lowest BCUT2D eigenvalue weighted by molar-refractivity contribution is 0.214. The maximum atomic E-state index is 11.8. The van der Waals surface area contributed by atoms with Crippen molar-refractivity contribution >= 4 is 34.9 Å². The van der Waals surface area contributed by atoms with E-state index in [4.69, 9.17) is 23.2 Å². The molecule has 0 aliphatic rings. The zero-order valence-corrected chi connectivity index (χ0v) is 12.4. The summed E-state index contributed by atoms with van der Waals surface area (Å²) >= 11 is 11.8. The van der Waals surface area contributed by atoms with Gasteiger partial charge in [0.1, 0.15) is 0 Å². The van der Waals surface area contributed by atoms with Gasteiger partial charge in [0.05, 0.1) is 28.4 Å². The standard InChI is InChI=1S/C13H18Cl2N2O2/c1-8(2)6-9(7-18)16-13(19)17-11-5-3-4-10(14)12(11)15/h3-5,8-9,18H,6-7H2,1-2H3,(H2,16,17,19). The molecule has 0 aliphatic carbocycles. The van der Waals surface area contributed by atoms with Gasteiger partial charge in [-0.1, -0.05) is 43.1 Å². The molecule has 19 heavy (non-hydrogen) atoms. The Hall–Kier alpha value is -0.970. The van der Waals surface area contributed by atoms with E-state index < -0.39 is 6.03 Å². The van der Waals surface area contributed by atoms with Gasteiger partial charge in [-0.15, -0.1) is 0 Å². The van der Waals surface area contributed by atoms with E-state index in [9.17, 15) is 9.90 Å². The fraction of sp³-hybridized carbons (Fsp3) is 0.462. The topological polar surface area (TPSA) is 61.4 Å². The third-order valence-electron chi connectivity index (χ3n) is 2.51. The fourth-order valence-electron chi connectivity index (χ4n) is 1.69. The molecule has 0 spiro atoms. The summed E-state index contributed by atoms with van der Waals surface area (Å²) < 4.78 is 0. The van der Waals surface area contributed by atoms with Crippen LogP contribution in [-0.4, -0.2) is 23.8 Å². The second-order valence-electron chi connectivity index (χ2n) is 4.71. The van der Waals surface area contributed by atoms with Gasteiger partial charge in [0.25, 0.3) is 0 Å². The Morgan fingerprint density at radius 3 is 2.63 bits per heavy atom. The van der Waals surface area contributed by atoms with E-state index in [1.807, 2.05) is 13.8 Å². The van der Waals surface area contributed by atoms with Gasteiger partial charge >= 0.3 is 6.03 Å². The number of benzene rings is 1.